The molecular formula is C14H20O3. The van der Waals surface area contributed by atoms with Crippen molar-refractivity contribution in [2.75, 3.05) is 13.7 Å². The fourth-order valence-corrected chi connectivity index (χ4v) is 1.50. The molecule has 0 amide bonds. The van der Waals surface area contributed by atoms with Gasteiger partial charge in [0.15, 0.2) is 5.78 Å². The van der Waals surface area contributed by atoms with Gasteiger partial charge in [-0.1, -0.05) is 26.8 Å². The van der Waals surface area contributed by atoms with E-state index in [0.717, 1.165) is 5.75 Å². The average Bonchev–Trinajstić information content (AvgIpc) is 2.24. The van der Waals surface area contributed by atoms with E-state index in [-0.39, 0.29) is 17.8 Å². The van der Waals surface area contributed by atoms with Crippen LogP contribution >= 0.6 is 0 Å². The molecule has 1 rings (SSSR count). The highest BCUT2D eigenvalue weighted by atomic mass is 16.5. The van der Waals surface area contributed by atoms with Crippen molar-refractivity contribution in [3.63, 3.8) is 0 Å². The summed E-state index contributed by atoms with van der Waals surface area (Å²) < 4.78 is 10.5. The molecule has 0 aliphatic heterocycles. The molecule has 0 radical (unpaired) electrons. The molecule has 1 aromatic rings. The molecule has 0 N–H and O–H groups in total. The number of carbonyl (C=O) groups excluding carboxylic acids is 1. The van der Waals surface area contributed by atoms with Gasteiger partial charge in [0.05, 0.1) is 7.11 Å². The molecule has 0 fully saturated rings. The lowest BCUT2D eigenvalue weighted by Gasteiger charge is -2.16. The smallest absolute Gasteiger partial charge is 0.170 e. The van der Waals surface area contributed by atoms with E-state index in [9.17, 15) is 4.79 Å². The summed E-state index contributed by atoms with van der Waals surface area (Å²) in [5.74, 6) is 1.50. The van der Waals surface area contributed by atoms with Crippen LogP contribution in [-0.4, -0.2) is 19.5 Å². The minimum atomic E-state index is 0.00875. The lowest BCUT2D eigenvalue weighted by Crippen LogP contribution is -2.18. The summed E-state index contributed by atoms with van der Waals surface area (Å²) in [7, 11) is 1.60. The zero-order valence-corrected chi connectivity index (χ0v) is 10.9. The highest BCUT2D eigenvalue weighted by Crippen LogP contribution is 2.21. The zero-order valence-electron chi connectivity index (χ0n) is 10.9. The molecule has 0 saturated heterocycles. The van der Waals surface area contributed by atoms with E-state index in [1.165, 1.54) is 0 Å². The summed E-state index contributed by atoms with van der Waals surface area (Å²) in [4.78, 5) is 11.6. The number of carbonyl (C=O) groups is 1. The molecule has 0 aromatic heterocycles. The van der Waals surface area contributed by atoms with Crippen LogP contribution in [0.15, 0.2) is 24.3 Å². The minimum absolute atomic E-state index is 0.00875. The maximum absolute atomic E-state index is 11.6. The second kappa shape index (κ2) is 5.71. The van der Waals surface area contributed by atoms with Gasteiger partial charge in [0.2, 0.25) is 0 Å². The predicted molar refractivity (Wildman–Crippen MR) is 67.6 cm³/mol. The van der Waals surface area contributed by atoms with Gasteiger partial charge in [-0.25, -0.2) is 0 Å². The highest BCUT2D eigenvalue weighted by molar-refractivity contribution is 5.80. The summed E-state index contributed by atoms with van der Waals surface area (Å²) >= 11 is 0. The van der Waals surface area contributed by atoms with E-state index in [2.05, 4.69) is 0 Å². The third-order valence-electron chi connectivity index (χ3n) is 2.17. The summed E-state index contributed by atoms with van der Waals surface area (Å²) in [6.07, 6.45) is 0.525. The van der Waals surface area contributed by atoms with Gasteiger partial charge in [0.1, 0.15) is 18.1 Å². The second-order valence-electron chi connectivity index (χ2n) is 5.24. The molecule has 0 spiro atoms. The van der Waals surface area contributed by atoms with Crippen LogP contribution < -0.4 is 9.47 Å². The summed E-state index contributed by atoms with van der Waals surface area (Å²) in [5.41, 5.74) is 0.00875. The van der Waals surface area contributed by atoms with Crippen molar-refractivity contribution in [2.24, 2.45) is 5.41 Å². The average molecular weight is 236 g/mol. The van der Waals surface area contributed by atoms with Crippen LogP contribution in [-0.2, 0) is 4.79 Å². The molecule has 94 valence electrons. The Labute approximate surface area is 103 Å². The molecule has 0 saturated carbocycles. The zero-order chi connectivity index (χ0) is 12.9. The Kier molecular flexibility index (Phi) is 4.55. The first kappa shape index (κ1) is 13.6. The van der Waals surface area contributed by atoms with E-state index in [0.29, 0.717) is 12.2 Å². The van der Waals surface area contributed by atoms with Crippen molar-refractivity contribution in [1.29, 1.82) is 0 Å². The Morgan fingerprint density at radius 3 is 2.47 bits per heavy atom. The van der Waals surface area contributed by atoms with Crippen molar-refractivity contribution in [3.05, 3.63) is 24.3 Å². The van der Waals surface area contributed by atoms with Crippen LogP contribution in [0.4, 0.5) is 0 Å². The van der Waals surface area contributed by atoms with Gasteiger partial charge in [-0.15, -0.1) is 0 Å². The number of ketones is 1. The van der Waals surface area contributed by atoms with Crippen LogP contribution in [0.5, 0.6) is 11.5 Å². The van der Waals surface area contributed by atoms with Gasteiger partial charge in [-0.3, -0.25) is 4.79 Å². The molecule has 3 nitrogen and oxygen atoms in total. The molecule has 3 heteroatoms. The second-order valence-corrected chi connectivity index (χ2v) is 5.24. The summed E-state index contributed by atoms with van der Waals surface area (Å²) in [5, 5.41) is 0. The minimum Gasteiger partial charge on any atom is -0.497 e. The van der Waals surface area contributed by atoms with Crippen LogP contribution in [0.1, 0.15) is 27.2 Å². The Morgan fingerprint density at radius 2 is 1.88 bits per heavy atom. The molecule has 0 heterocycles. The highest BCUT2D eigenvalue weighted by Gasteiger charge is 2.16. The lowest BCUT2D eigenvalue weighted by atomic mass is 9.90. The third kappa shape index (κ3) is 5.38. The maximum Gasteiger partial charge on any atom is 0.170 e. The van der Waals surface area contributed by atoms with E-state index in [4.69, 9.17) is 9.47 Å². The Balaban J connectivity index is 2.47. The molecular weight excluding hydrogens is 216 g/mol. The normalized spacial score (nSPS) is 11.1. The number of hydrogen-bond acceptors (Lipinski definition) is 3. The third-order valence-corrected chi connectivity index (χ3v) is 2.17. The van der Waals surface area contributed by atoms with Crippen molar-refractivity contribution < 1.29 is 14.3 Å². The largest absolute Gasteiger partial charge is 0.497 e. The van der Waals surface area contributed by atoms with Crippen molar-refractivity contribution in [3.8, 4) is 11.5 Å². The van der Waals surface area contributed by atoms with Crippen LogP contribution in [0.25, 0.3) is 0 Å². The van der Waals surface area contributed by atoms with Gasteiger partial charge in [-0.2, -0.15) is 0 Å². The van der Waals surface area contributed by atoms with Crippen LogP contribution in [0.3, 0.4) is 0 Å². The molecule has 0 unspecified atom stereocenters. The first-order valence-electron chi connectivity index (χ1n) is 5.69. The monoisotopic (exact) mass is 236 g/mol. The van der Waals surface area contributed by atoms with Gasteiger partial charge in [-0.05, 0) is 17.5 Å². The number of rotatable bonds is 5. The first-order valence-corrected chi connectivity index (χ1v) is 5.69. The molecule has 0 atom stereocenters. The van der Waals surface area contributed by atoms with E-state index >= 15 is 0 Å². The number of ether oxygens (including phenoxy) is 2. The number of hydrogen-bond donors (Lipinski definition) is 0. The number of methoxy groups -OCH3 is 1. The fourth-order valence-electron chi connectivity index (χ4n) is 1.50. The predicted octanol–water partition coefficient (Wildman–Crippen LogP) is 3.08. The van der Waals surface area contributed by atoms with Gasteiger partial charge < -0.3 is 9.47 Å². The van der Waals surface area contributed by atoms with Crippen molar-refractivity contribution in [1.82, 2.24) is 0 Å². The molecule has 0 aliphatic carbocycles. The number of benzene rings is 1. The Hall–Kier alpha value is -1.51. The molecule has 17 heavy (non-hydrogen) atoms. The lowest BCUT2D eigenvalue weighted by molar-refractivity contribution is -0.122. The molecule has 1 aromatic carbocycles. The Bertz CT molecular complexity index is 377. The quantitative estimate of drug-likeness (QED) is 0.788. The topological polar surface area (TPSA) is 35.5 Å². The van der Waals surface area contributed by atoms with Crippen LogP contribution in [0, 0.1) is 5.41 Å². The van der Waals surface area contributed by atoms with E-state index in [1.807, 2.05) is 39.0 Å². The van der Waals surface area contributed by atoms with Gasteiger partial charge in [0, 0.05) is 12.5 Å². The summed E-state index contributed by atoms with van der Waals surface area (Å²) in [6.45, 7) is 6.23. The first-order chi connectivity index (χ1) is 7.90. The van der Waals surface area contributed by atoms with Gasteiger partial charge in [0.25, 0.3) is 0 Å². The van der Waals surface area contributed by atoms with Crippen molar-refractivity contribution >= 4 is 5.78 Å². The fraction of sp³-hybridized carbons (Fsp3) is 0.500. The maximum atomic E-state index is 11.6. The molecule has 0 aliphatic rings. The molecule has 0 bridgehead atoms. The number of Topliss-reactive ketones (excluding diaryl/α,β-unsaturated/α-hetero) is 1. The standard InChI is InChI=1S/C14H20O3/c1-14(2,3)9-11(15)10-17-13-7-5-6-12(8-13)16-4/h5-8H,9-10H2,1-4H3. The van der Waals surface area contributed by atoms with Gasteiger partial charge >= 0.3 is 0 Å². The Morgan fingerprint density at radius 1 is 1.24 bits per heavy atom. The van der Waals surface area contributed by atoms with Crippen molar-refractivity contribution in [2.45, 2.75) is 27.2 Å². The summed E-state index contributed by atoms with van der Waals surface area (Å²) in [6, 6.07) is 7.25. The van der Waals surface area contributed by atoms with E-state index in [1.54, 1.807) is 13.2 Å². The van der Waals surface area contributed by atoms with E-state index < -0.39 is 0 Å². The SMILES string of the molecule is COc1cccc(OCC(=O)CC(C)(C)C)c1. The van der Waals surface area contributed by atoms with Crippen LogP contribution in [0.2, 0.25) is 0 Å².